The minimum atomic E-state index is -0.750. The van der Waals surface area contributed by atoms with E-state index in [-0.39, 0.29) is 25.0 Å². The normalized spacial score (nSPS) is 15.7. The van der Waals surface area contributed by atoms with E-state index < -0.39 is 6.10 Å². The van der Waals surface area contributed by atoms with E-state index in [0.717, 1.165) is 11.1 Å². The summed E-state index contributed by atoms with van der Waals surface area (Å²) in [7, 11) is 1.54. The Balaban J connectivity index is 1.79. The van der Waals surface area contributed by atoms with E-state index in [1.54, 1.807) is 30.1 Å². The number of nitrogens with one attached hydrogen (secondary N) is 1. The van der Waals surface area contributed by atoms with Crippen molar-refractivity contribution in [1.29, 1.82) is 0 Å². The smallest absolute Gasteiger partial charge is 0.265 e. The van der Waals surface area contributed by atoms with Gasteiger partial charge in [0.05, 0.1) is 12.2 Å². The Labute approximate surface area is 152 Å². The van der Waals surface area contributed by atoms with Crippen molar-refractivity contribution in [1.82, 2.24) is 5.32 Å². The maximum Gasteiger partial charge on any atom is 0.265 e. The summed E-state index contributed by atoms with van der Waals surface area (Å²) < 4.78 is 11.5. The maximum absolute atomic E-state index is 12.8. The molecule has 0 aromatic heterocycles. The van der Waals surface area contributed by atoms with Gasteiger partial charge in [-0.05, 0) is 43.2 Å². The number of para-hydroxylation sites is 2. The molecular formula is C20H22N2O4. The van der Waals surface area contributed by atoms with Gasteiger partial charge in [0.1, 0.15) is 11.5 Å². The molecule has 136 valence electrons. The summed E-state index contributed by atoms with van der Waals surface area (Å²) in [6.07, 6.45) is -0.750. The van der Waals surface area contributed by atoms with Crippen LogP contribution >= 0.6 is 0 Å². The van der Waals surface area contributed by atoms with Crippen molar-refractivity contribution < 1.29 is 19.1 Å². The van der Waals surface area contributed by atoms with Crippen molar-refractivity contribution >= 4 is 17.5 Å². The van der Waals surface area contributed by atoms with Crippen LogP contribution in [0, 0.1) is 13.8 Å². The molecule has 0 unspecified atom stereocenters. The van der Waals surface area contributed by atoms with E-state index in [1.807, 2.05) is 38.1 Å². The predicted molar refractivity (Wildman–Crippen MR) is 98.7 cm³/mol. The molecular weight excluding hydrogens is 332 g/mol. The number of carbonyl (C=O) groups excluding carboxylic acids is 2. The summed E-state index contributed by atoms with van der Waals surface area (Å²) in [6.45, 7) is 3.94. The third kappa shape index (κ3) is 3.64. The van der Waals surface area contributed by atoms with Crippen LogP contribution in [0.2, 0.25) is 0 Å². The second-order valence-corrected chi connectivity index (χ2v) is 6.25. The minimum Gasteiger partial charge on any atom is -0.483 e. The van der Waals surface area contributed by atoms with Gasteiger partial charge in [-0.15, -0.1) is 0 Å². The van der Waals surface area contributed by atoms with Crippen molar-refractivity contribution in [2.45, 2.75) is 20.0 Å². The summed E-state index contributed by atoms with van der Waals surface area (Å²) >= 11 is 0. The van der Waals surface area contributed by atoms with Crippen LogP contribution in [0.3, 0.4) is 0 Å². The van der Waals surface area contributed by atoms with Gasteiger partial charge in [0.15, 0.2) is 12.7 Å². The third-order valence-electron chi connectivity index (χ3n) is 4.31. The van der Waals surface area contributed by atoms with E-state index >= 15 is 0 Å². The number of ether oxygens (including phenoxy) is 2. The summed E-state index contributed by atoms with van der Waals surface area (Å²) in [5.74, 6) is 0.693. The fourth-order valence-corrected chi connectivity index (χ4v) is 2.85. The topological polar surface area (TPSA) is 67.9 Å². The van der Waals surface area contributed by atoms with E-state index in [1.165, 1.54) is 0 Å². The molecule has 1 atom stereocenters. The summed E-state index contributed by atoms with van der Waals surface area (Å²) in [5, 5.41) is 2.56. The van der Waals surface area contributed by atoms with Crippen LogP contribution in [0.15, 0.2) is 42.5 Å². The minimum absolute atomic E-state index is 0.112. The Bertz CT molecular complexity index is 834. The Morgan fingerprint density at radius 3 is 2.77 bits per heavy atom. The SMILES string of the molecule is CNC(=O)[C@H]1CN(C(=O)COc2cc(C)ccc2C)c2ccccc2O1. The van der Waals surface area contributed by atoms with Crippen LogP contribution in [-0.4, -0.2) is 38.1 Å². The molecule has 2 aromatic carbocycles. The number of hydrogen-bond donors (Lipinski definition) is 1. The number of hydrogen-bond acceptors (Lipinski definition) is 4. The standard InChI is InChI=1S/C20H22N2O4/c1-13-8-9-14(2)17(10-13)25-12-19(23)22-11-18(20(24)21-3)26-16-7-5-4-6-15(16)22/h4-10,18H,11-12H2,1-3H3,(H,21,24)/t18-/m1/s1. The van der Waals surface area contributed by atoms with Gasteiger partial charge in [0.25, 0.3) is 11.8 Å². The van der Waals surface area contributed by atoms with Crippen LogP contribution < -0.4 is 19.7 Å². The molecule has 2 aromatic rings. The molecule has 1 heterocycles. The first kappa shape index (κ1) is 17.8. The van der Waals surface area contributed by atoms with E-state index in [2.05, 4.69) is 5.32 Å². The Morgan fingerprint density at radius 2 is 2.00 bits per heavy atom. The number of nitrogens with zero attached hydrogens (tertiary/aromatic N) is 1. The number of aryl methyl sites for hydroxylation is 2. The van der Waals surface area contributed by atoms with Crippen LogP contribution in [0.25, 0.3) is 0 Å². The zero-order chi connectivity index (χ0) is 18.7. The fourth-order valence-electron chi connectivity index (χ4n) is 2.85. The molecule has 6 heteroatoms. The van der Waals surface area contributed by atoms with Gasteiger partial charge in [-0.3, -0.25) is 9.59 Å². The summed E-state index contributed by atoms with van der Waals surface area (Å²) in [4.78, 5) is 26.3. The molecule has 1 aliphatic heterocycles. The first-order chi connectivity index (χ1) is 12.5. The molecule has 26 heavy (non-hydrogen) atoms. The summed E-state index contributed by atoms with van der Waals surface area (Å²) in [5.41, 5.74) is 2.67. The number of anilines is 1. The molecule has 0 aliphatic carbocycles. The second kappa shape index (κ2) is 7.47. The van der Waals surface area contributed by atoms with Gasteiger partial charge in [0.2, 0.25) is 0 Å². The van der Waals surface area contributed by atoms with Gasteiger partial charge in [-0.1, -0.05) is 24.3 Å². The Hall–Kier alpha value is -3.02. The van der Waals surface area contributed by atoms with Gasteiger partial charge >= 0.3 is 0 Å². The number of likely N-dealkylation sites (N-methyl/N-ethyl adjacent to an activating group) is 1. The van der Waals surface area contributed by atoms with E-state index in [0.29, 0.717) is 17.2 Å². The van der Waals surface area contributed by atoms with Crippen molar-refractivity contribution in [3.63, 3.8) is 0 Å². The van der Waals surface area contributed by atoms with Gasteiger partial charge in [-0.2, -0.15) is 0 Å². The third-order valence-corrected chi connectivity index (χ3v) is 4.31. The zero-order valence-corrected chi connectivity index (χ0v) is 15.1. The molecule has 0 radical (unpaired) electrons. The van der Waals surface area contributed by atoms with Crippen molar-refractivity contribution in [2.24, 2.45) is 0 Å². The van der Waals surface area contributed by atoms with Crippen molar-refractivity contribution in [3.8, 4) is 11.5 Å². The lowest BCUT2D eigenvalue weighted by atomic mass is 10.1. The van der Waals surface area contributed by atoms with Crippen LogP contribution in [0.4, 0.5) is 5.69 Å². The fraction of sp³-hybridized carbons (Fsp3) is 0.300. The molecule has 0 saturated carbocycles. The largest absolute Gasteiger partial charge is 0.483 e. The molecule has 6 nitrogen and oxygen atoms in total. The quantitative estimate of drug-likeness (QED) is 0.914. The first-order valence-electron chi connectivity index (χ1n) is 8.47. The lowest BCUT2D eigenvalue weighted by molar-refractivity contribution is -0.128. The molecule has 1 aliphatic rings. The molecule has 0 spiro atoms. The Morgan fingerprint density at radius 1 is 1.23 bits per heavy atom. The number of fused-ring (bicyclic) bond motifs is 1. The zero-order valence-electron chi connectivity index (χ0n) is 15.1. The number of rotatable bonds is 4. The van der Waals surface area contributed by atoms with E-state index in [9.17, 15) is 9.59 Å². The average Bonchev–Trinajstić information content (AvgIpc) is 2.66. The number of amides is 2. The molecule has 0 bridgehead atoms. The molecule has 1 N–H and O–H groups in total. The molecule has 0 saturated heterocycles. The van der Waals surface area contributed by atoms with Crippen molar-refractivity contribution in [2.75, 3.05) is 25.1 Å². The molecule has 2 amide bonds. The van der Waals surface area contributed by atoms with Crippen LogP contribution in [0.5, 0.6) is 11.5 Å². The monoisotopic (exact) mass is 354 g/mol. The Kier molecular flexibility index (Phi) is 5.11. The molecule has 3 rings (SSSR count). The van der Waals surface area contributed by atoms with Gasteiger partial charge in [-0.25, -0.2) is 0 Å². The highest BCUT2D eigenvalue weighted by Gasteiger charge is 2.33. The lowest BCUT2D eigenvalue weighted by Crippen LogP contribution is -2.51. The maximum atomic E-state index is 12.8. The highest BCUT2D eigenvalue weighted by molar-refractivity contribution is 5.98. The highest BCUT2D eigenvalue weighted by atomic mass is 16.5. The van der Waals surface area contributed by atoms with Gasteiger partial charge in [0, 0.05) is 7.05 Å². The van der Waals surface area contributed by atoms with Crippen LogP contribution in [-0.2, 0) is 9.59 Å². The lowest BCUT2D eigenvalue weighted by Gasteiger charge is -2.34. The van der Waals surface area contributed by atoms with Gasteiger partial charge < -0.3 is 19.7 Å². The highest BCUT2D eigenvalue weighted by Crippen LogP contribution is 2.33. The first-order valence-corrected chi connectivity index (χ1v) is 8.47. The van der Waals surface area contributed by atoms with Crippen molar-refractivity contribution in [3.05, 3.63) is 53.6 Å². The molecule has 0 fully saturated rings. The number of benzene rings is 2. The summed E-state index contributed by atoms with van der Waals surface area (Å²) in [6, 6.07) is 13.0. The average molecular weight is 354 g/mol. The van der Waals surface area contributed by atoms with E-state index in [4.69, 9.17) is 9.47 Å². The number of carbonyl (C=O) groups is 2. The predicted octanol–water partition coefficient (Wildman–Crippen LogP) is 2.22. The second-order valence-electron chi connectivity index (χ2n) is 6.25. The van der Waals surface area contributed by atoms with Crippen LogP contribution in [0.1, 0.15) is 11.1 Å².